The molecule has 0 bridgehead atoms. The summed E-state index contributed by atoms with van der Waals surface area (Å²) in [5.74, 6) is 1.21. The molecule has 0 saturated carbocycles. The third-order valence-electron chi connectivity index (χ3n) is 3.96. The minimum atomic E-state index is 0.0700. The Morgan fingerprint density at radius 1 is 1.28 bits per heavy atom. The molecule has 3 rings (SSSR count). The lowest BCUT2D eigenvalue weighted by atomic mass is 10.2. The zero-order valence-corrected chi connectivity index (χ0v) is 15.4. The van der Waals surface area contributed by atoms with Crippen LogP contribution < -0.4 is 4.74 Å². The molecule has 1 fully saturated rings. The first kappa shape index (κ1) is 17.8. The number of aromatic nitrogens is 3. The van der Waals surface area contributed by atoms with Crippen molar-refractivity contribution in [3.8, 4) is 11.4 Å². The fourth-order valence-electron chi connectivity index (χ4n) is 2.84. The number of ether oxygens (including phenoxy) is 2. The zero-order valence-electron chi connectivity index (χ0n) is 14.6. The predicted octanol–water partition coefficient (Wildman–Crippen LogP) is 2.00. The Morgan fingerprint density at radius 2 is 1.96 bits per heavy atom. The van der Waals surface area contributed by atoms with Gasteiger partial charge in [0.25, 0.3) is 0 Å². The topological polar surface area (TPSA) is 69.5 Å². The van der Waals surface area contributed by atoms with E-state index in [0.29, 0.717) is 24.0 Å². The van der Waals surface area contributed by atoms with Crippen molar-refractivity contribution in [3.63, 3.8) is 0 Å². The minimum absolute atomic E-state index is 0.0700. The predicted molar refractivity (Wildman–Crippen MR) is 95.2 cm³/mol. The van der Waals surface area contributed by atoms with Crippen molar-refractivity contribution in [3.05, 3.63) is 30.6 Å². The van der Waals surface area contributed by atoms with Gasteiger partial charge >= 0.3 is 0 Å². The Morgan fingerprint density at radius 3 is 2.60 bits per heavy atom. The smallest absolute Gasteiger partial charge is 0.233 e. The van der Waals surface area contributed by atoms with Crippen LogP contribution in [-0.4, -0.2) is 63.7 Å². The van der Waals surface area contributed by atoms with Crippen LogP contribution in [0.2, 0.25) is 0 Å². The van der Waals surface area contributed by atoms with E-state index < -0.39 is 0 Å². The average molecular weight is 362 g/mol. The number of morpholine rings is 1. The number of benzene rings is 1. The molecule has 1 aliphatic heterocycles. The average Bonchev–Trinajstić information content (AvgIpc) is 3.07. The van der Waals surface area contributed by atoms with Crippen LogP contribution in [-0.2, 0) is 9.53 Å². The molecule has 134 valence electrons. The summed E-state index contributed by atoms with van der Waals surface area (Å²) in [6, 6.07) is 7.62. The molecule has 0 aliphatic carbocycles. The molecule has 1 saturated heterocycles. The molecule has 8 heteroatoms. The van der Waals surface area contributed by atoms with Crippen LogP contribution in [0.25, 0.3) is 5.69 Å². The number of carbonyl (C=O) groups is 1. The number of thioether (sulfide) groups is 1. The number of nitrogens with zero attached hydrogens (tertiary/aromatic N) is 4. The number of methoxy groups -OCH3 is 1. The number of rotatable bonds is 5. The van der Waals surface area contributed by atoms with Gasteiger partial charge in [-0.1, -0.05) is 11.8 Å². The quantitative estimate of drug-likeness (QED) is 0.758. The second-order valence-electron chi connectivity index (χ2n) is 6.03. The van der Waals surface area contributed by atoms with E-state index in [1.54, 1.807) is 13.4 Å². The first-order chi connectivity index (χ1) is 12.1. The van der Waals surface area contributed by atoms with Crippen molar-refractivity contribution in [1.82, 2.24) is 19.7 Å². The lowest BCUT2D eigenvalue weighted by Crippen LogP contribution is -2.48. The second kappa shape index (κ2) is 7.88. The monoisotopic (exact) mass is 362 g/mol. The molecular weight excluding hydrogens is 340 g/mol. The van der Waals surface area contributed by atoms with Crippen molar-refractivity contribution in [1.29, 1.82) is 0 Å². The van der Waals surface area contributed by atoms with E-state index in [-0.39, 0.29) is 18.1 Å². The lowest BCUT2D eigenvalue weighted by molar-refractivity contribution is -0.140. The van der Waals surface area contributed by atoms with Crippen molar-refractivity contribution in [2.75, 3.05) is 26.0 Å². The summed E-state index contributed by atoms with van der Waals surface area (Å²) in [6.45, 7) is 5.25. The molecule has 1 aromatic heterocycles. The number of carbonyl (C=O) groups excluding carboxylic acids is 1. The lowest BCUT2D eigenvalue weighted by Gasteiger charge is -2.35. The maximum Gasteiger partial charge on any atom is 0.233 e. The molecule has 1 aromatic carbocycles. The third kappa shape index (κ3) is 4.32. The molecule has 2 heterocycles. The van der Waals surface area contributed by atoms with Gasteiger partial charge in [-0.15, -0.1) is 10.2 Å². The molecule has 0 radical (unpaired) electrons. The van der Waals surface area contributed by atoms with Gasteiger partial charge in [-0.25, -0.2) is 0 Å². The first-order valence-corrected chi connectivity index (χ1v) is 9.16. The summed E-state index contributed by atoms with van der Waals surface area (Å²) < 4.78 is 12.7. The highest BCUT2D eigenvalue weighted by molar-refractivity contribution is 7.99. The highest BCUT2D eigenvalue weighted by Gasteiger charge is 2.26. The van der Waals surface area contributed by atoms with Crippen LogP contribution in [0.3, 0.4) is 0 Å². The van der Waals surface area contributed by atoms with Gasteiger partial charge in [-0.2, -0.15) is 0 Å². The van der Waals surface area contributed by atoms with Gasteiger partial charge in [0.1, 0.15) is 12.1 Å². The van der Waals surface area contributed by atoms with Gasteiger partial charge < -0.3 is 14.4 Å². The van der Waals surface area contributed by atoms with Crippen LogP contribution in [0.1, 0.15) is 13.8 Å². The Labute approximate surface area is 151 Å². The van der Waals surface area contributed by atoms with Gasteiger partial charge in [-0.3, -0.25) is 9.36 Å². The second-order valence-corrected chi connectivity index (χ2v) is 6.97. The fraction of sp³-hybridized carbons (Fsp3) is 0.471. The molecule has 1 aliphatic rings. The van der Waals surface area contributed by atoms with Crippen LogP contribution in [0.15, 0.2) is 35.7 Å². The van der Waals surface area contributed by atoms with E-state index in [2.05, 4.69) is 10.2 Å². The van der Waals surface area contributed by atoms with Crippen molar-refractivity contribution in [2.24, 2.45) is 0 Å². The number of hydrogen-bond donors (Lipinski definition) is 0. The van der Waals surface area contributed by atoms with E-state index in [0.717, 1.165) is 11.4 Å². The number of hydrogen-bond acceptors (Lipinski definition) is 6. The summed E-state index contributed by atoms with van der Waals surface area (Å²) in [5.41, 5.74) is 0.925. The molecule has 0 unspecified atom stereocenters. The fourth-order valence-corrected chi connectivity index (χ4v) is 3.67. The Bertz CT molecular complexity index is 709. The molecule has 7 nitrogen and oxygen atoms in total. The van der Waals surface area contributed by atoms with E-state index in [1.165, 1.54) is 11.8 Å². The molecular formula is C17H22N4O3S. The molecule has 25 heavy (non-hydrogen) atoms. The zero-order chi connectivity index (χ0) is 17.8. The van der Waals surface area contributed by atoms with E-state index in [4.69, 9.17) is 9.47 Å². The van der Waals surface area contributed by atoms with Gasteiger partial charge in [0, 0.05) is 18.8 Å². The summed E-state index contributed by atoms with van der Waals surface area (Å²) in [4.78, 5) is 14.4. The van der Waals surface area contributed by atoms with Crippen LogP contribution in [0.5, 0.6) is 5.75 Å². The largest absolute Gasteiger partial charge is 0.497 e. The maximum atomic E-state index is 12.5. The SMILES string of the molecule is COc1ccc(-n2cnnc2SCC(=O)N2C[C@@H](C)O[C@H](C)C2)cc1. The highest BCUT2D eigenvalue weighted by atomic mass is 32.2. The Balaban J connectivity index is 1.64. The van der Waals surface area contributed by atoms with E-state index in [9.17, 15) is 4.79 Å². The molecule has 2 atom stereocenters. The van der Waals surface area contributed by atoms with Gasteiger partial charge in [0.2, 0.25) is 5.91 Å². The van der Waals surface area contributed by atoms with Gasteiger partial charge in [0.15, 0.2) is 5.16 Å². The van der Waals surface area contributed by atoms with Crippen LogP contribution in [0.4, 0.5) is 0 Å². The Kier molecular flexibility index (Phi) is 5.60. The van der Waals surface area contributed by atoms with Crippen molar-refractivity contribution in [2.45, 2.75) is 31.2 Å². The minimum Gasteiger partial charge on any atom is -0.497 e. The summed E-state index contributed by atoms with van der Waals surface area (Å²) in [6.07, 6.45) is 1.79. The molecule has 1 amide bonds. The standard InChI is InChI=1S/C17H22N4O3S/c1-12-8-20(9-13(2)24-12)16(22)10-25-17-19-18-11-21(17)14-4-6-15(23-3)7-5-14/h4-7,11-13H,8-10H2,1-3H3/t12-,13-/m1/s1. The third-order valence-corrected chi connectivity index (χ3v) is 4.89. The van der Waals surface area contributed by atoms with E-state index >= 15 is 0 Å². The molecule has 0 spiro atoms. The van der Waals surface area contributed by atoms with Crippen molar-refractivity contribution >= 4 is 17.7 Å². The summed E-state index contributed by atoms with van der Waals surface area (Å²) in [7, 11) is 1.63. The van der Waals surface area contributed by atoms with E-state index in [1.807, 2.05) is 47.6 Å². The molecule has 0 N–H and O–H groups in total. The highest BCUT2D eigenvalue weighted by Crippen LogP contribution is 2.22. The molecule has 2 aromatic rings. The Hall–Kier alpha value is -2.06. The normalized spacial score (nSPS) is 20.5. The van der Waals surface area contributed by atoms with Crippen LogP contribution >= 0.6 is 11.8 Å². The van der Waals surface area contributed by atoms with Crippen molar-refractivity contribution < 1.29 is 14.3 Å². The summed E-state index contributed by atoms with van der Waals surface area (Å²) >= 11 is 1.39. The van der Waals surface area contributed by atoms with Gasteiger partial charge in [0.05, 0.1) is 25.1 Å². The number of amides is 1. The first-order valence-electron chi connectivity index (χ1n) is 8.17. The van der Waals surface area contributed by atoms with Crippen LogP contribution in [0, 0.1) is 0 Å². The van der Waals surface area contributed by atoms with Gasteiger partial charge in [-0.05, 0) is 38.1 Å². The summed E-state index contributed by atoms with van der Waals surface area (Å²) in [5, 5.41) is 8.79. The maximum absolute atomic E-state index is 12.5.